The van der Waals surface area contributed by atoms with Crippen LogP contribution in [0.4, 0.5) is 4.39 Å². The van der Waals surface area contributed by atoms with Crippen molar-refractivity contribution >= 4 is 35.8 Å². The molecule has 0 radical (unpaired) electrons. The predicted octanol–water partition coefficient (Wildman–Crippen LogP) is 2.19. The lowest BCUT2D eigenvalue weighted by atomic mass is 9.95. The first-order valence-electron chi connectivity index (χ1n) is 9.95. The third kappa shape index (κ3) is 6.43. The van der Waals surface area contributed by atoms with E-state index in [1.54, 1.807) is 6.07 Å². The maximum absolute atomic E-state index is 13.5. The first kappa shape index (κ1) is 23.7. The number of rotatable bonds is 4. The van der Waals surface area contributed by atoms with E-state index in [1.807, 2.05) is 11.8 Å². The molecule has 2 N–H and O–H groups in total. The molecule has 0 spiro atoms. The molecule has 1 amide bonds. The summed E-state index contributed by atoms with van der Waals surface area (Å²) in [6.45, 7) is 7.21. The zero-order chi connectivity index (χ0) is 19.9. The van der Waals surface area contributed by atoms with Crippen molar-refractivity contribution in [3.8, 4) is 5.75 Å². The van der Waals surface area contributed by atoms with Crippen LogP contribution >= 0.6 is 24.0 Å². The Morgan fingerprint density at radius 3 is 2.55 bits per heavy atom. The standard InChI is InChI=1S/C20H29FN4O3.HI/c1-2-22-20(23-14-15-3-4-18(26)17(21)13-15)25-7-5-16(6-8-25)19(27)24-9-11-28-12-10-24;/h3-4,13,16,26H,2,5-12,14H2,1H3,(H,22,23);1H. The van der Waals surface area contributed by atoms with Crippen molar-refractivity contribution in [1.29, 1.82) is 0 Å². The van der Waals surface area contributed by atoms with Crippen LogP contribution in [0.1, 0.15) is 25.3 Å². The van der Waals surface area contributed by atoms with Gasteiger partial charge in [0.1, 0.15) is 0 Å². The van der Waals surface area contributed by atoms with Crippen molar-refractivity contribution in [3.63, 3.8) is 0 Å². The van der Waals surface area contributed by atoms with Crippen LogP contribution in [0.5, 0.6) is 5.75 Å². The van der Waals surface area contributed by atoms with Crippen molar-refractivity contribution in [1.82, 2.24) is 15.1 Å². The molecule has 2 aliphatic heterocycles. The minimum absolute atomic E-state index is 0. The Morgan fingerprint density at radius 2 is 1.93 bits per heavy atom. The number of ether oxygens (including phenoxy) is 1. The topological polar surface area (TPSA) is 77.4 Å². The Morgan fingerprint density at radius 1 is 1.24 bits per heavy atom. The van der Waals surface area contributed by atoms with Gasteiger partial charge in [-0.1, -0.05) is 6.07 Å². The third-order valence-electron chi connectivity index (χ3n) is 5.22. The fourth-order valence-corrected chi connectivity index (χ4v) is 3.62. The number of phenols is 1. The molecule has 7 nitrogen and oxygen atoms in total. The highest BCUT2D eigenvalue weighted by molar-refractivity contribution is 14.0. The lowest BCUT2D eigenvalue weighted by Gasteiger charge is -2.36. The van der Waals surface area contributed by atoms with Gasteiger partial charge >= 0.3 is 0 Å². The number of likely N-dealkylation sites (tertiary alicyclic amines) is 1. The van der Waals surface area contributed by atoms with E-state index in [2.05, 4.69) is 15.2 Å². The quantitative estimate of drug-likeness (QED) is 0.362. The van der Waals surface area contributed by atoms with Gasteiger partial charge in [-0.25, -0.2) is 9.38 Å². The number of amides is 1. The first-order chi connectivity index (χ1) is 13.6. The number of hydrogen-bond donors (Lipinski definition) is 2. The molecule has 0 atom stereocenters. The Labute approximate surface area is 188 Å². The van der Waals surface area contributed by atoms with E-state index in [1.165, 1.54) is 12.1 Å². The highest BCUT2D eigenvalue weighted by Gasteiger charge is 2.30. The van der Waals surface area contributed by atoms with Gasteiger partial charge in [0.05, 0.1) is 19.8 Å². The largest absolute Gasteiger partial charge is 0.505 e. The van der Waals surface area contributed by atoms with E-state index in [0.29, 0.717) is 38.4 Å². The number of phenolic OH excluding ortho intramolecular Hbond substituents is 1. The van der Waals surface area contributed by atoms with Gasteiger partial charge in [-0.05, 0) is 37.5 Å². The van der Waals surface area contributed by atoms with E-state index in [9.17, 15) is 14.3 Å². The van der Waals surface area contributed by atoms with Crippen molar-refractivity contribution in [3.05, 3.63) is 29.6 Å². The maximum atomic E-state index is 13.5. The fraction of sp³-hybridized carbons (Fsp3) is 0.600. The average molecular weight is 520 g/mol. The molecule has 2 saturated heterocycles. The first-order valence-corrected chi connectivity index (χ1v) is 9.95. The second-order valence-electron chi connectivity index (χ2n) is 7.15. The number of morpholine rings is 1. The number of piperidine rings is 1. The highest BCUT2D eigenvalue weighted by atomic mass is 127. The molecule has 1 aromatic rings. The maximum Gasteiger partial charge on any atom is 0.225 e. The van der Waals surface area contributed by atoms with Crippen LogP contribution in [0.25, 0.3) is 0 Å². The van der Waals surface area contributed by atoms with E-state index >= 15 is 0 Å². The SMILES string of the molecule is CCNC(=NCc1ccc(O)c(F)c1)N1CCC(C(=O)N2CCOCC2)CC1.I. The van der Waals surface area contributed by atoms with E-state index in [4.69, 9.17) is 4.74 Å². The van der Waals surface area contributed by atoms with Gasteiger partial charge in [-0.2, -0.15) is 0 Å². The zero-order valence-corrected chi connectivity index (χ0v) is 19.1. The molecule has 162 valence electrons. The number of nitrogens with zero attached hydrogens (tertiary/aromatic N) is 3. The average Bonchev–Trinajstić information content (AvgIpc) is 2.74. The summed E-state index contributed by atoms with van der Waals surface area (Å²) in [7, 11) is 0. The van der Waals surface area contributed by atoms with Crippen molar-refractivity contribution in [2.45, 2.75) is 26.3 Å². The highest BCUT2D eigenvalue weighted by Crippen LogP contribution is 2.21. The van der Waals surface area contributed by atoms with Crippen LogP contribution in [0.3, 0.4) is 0 Å². The predicted molar refractivity (Wildman–Crippen MR) is 120 cm³/mol. The number of aliphatic imine (C=N–C) groups is 1. The summed E-state index contributed by atoms with van der Waals surface area (Å²) in [5, 5.41) is 12.6. The monoisotopic (exact) mass is 520 g/mol. The summed E-state index contributed by atoms with van der Waals surface area (Å²) in [6.07, 6.45) is 1.60. The molecule has 2 aliphatic rings. The Kier molecular flexibility index (Phi) is 9.41. The summed E-state index contributed by atoms with van der Waals surface area (Å²) < 4.78 is 18.8. The molecular weight excluding hydrogens is 490 g/mol. The summed E-state index contributed by atoms with van der Waals surface area (Å²) in [5.74, 6) is 0.0768. The van der Waals surface area contributed by atoms with E-state index < -0.39 is 5.82 Å². The van der Waals surface area contributed by atoms with Gasteiger partial charge in [0, 0.05) is 38.6 Å². The van der Waals surface area contributed by atoms with Gasteiger partial charge in [0.15, 0.2) is 17.5 Å². The van der Waals surface area contributed by atoms with Gasteiger partial charge < -0.3 is 25.0 Å². The molecule has 9 heteroatoms. The molecule has 3 rings (SSSR count). The number of benzene rings is 1. The third-order valence-corrected chi connectivity index (χ3v) is 5.22. The van der Waals surface area contributed by atoms with Gasteiger partial charge in [-0.3, -0.25) is 4.79 Å². The fourth-order valence-electron chi connectivity index (χ4n) is 3.62. The van der Waals surface area contributed by atoms with E-state index in [0.717, 1.165) is 38.4 Å². The molecule has 0 aromatic heterocycles. The van der Waals surface area contributed by atoms with E-state index in [-0.39, 0.29) is 41.6 Å². The lowest BCUT2D eigenvalue weighted by molar-refractivity contribution is -0.140. The van der Waals surface area contributed by atoms with Crippen LogP contribution in [0, 0.1) is 11.7 Å². The molecule has 0 saturated carbocycles. The van der Waals surface area contributed by atoms with Crippen LogP contribution < -0.4 is 5.32 Å². The minimum Gasteiger partial charge on any atom is -0.505 e. The summed E-state index contributed by atoms with van der Waals surface area (Å²) >= 11 is 0. The zero-order valence-electron chi connectivity index (χ0n) is 16.8. The number of carbonyl (C=O) groups excluding carboxylic acids is 1. The molecular formula is C20H30FIN4O3. The van der Waals surface area contributed by atoms with Crippen molar-refractivity contribution < 1.29 is 19.0 Å². The summed E-state index contributed by atoms with van der Waals surface area (Å²) in [6, 6.07) is 4.31. The number of hydrogen-bond acceptors (Lipinski definition) is 4. The molecule has 0 aliphatic carbocycles. The van der Waals surface area contributed by atoms with Gasteiger partial charge in [-0.15, -0.1) is 24.0 Å². The number of nitrogens with one attached hydrogen (secondary N) is 1. The van der Waals surface area contributed by atoms with Crippen molar-refractivity contribution in [2.24, 2.45) is 10.9 Å². The number of carbonyl (C=O) groups is 1. The Bertz CT molecular complexity index is 705. The molecule has 1 aromatic carbocycles. The van der Waals surface area contributed by atoms with Crippen LogP contribution in [0.15, 0.2) is 23.2 Å². The van der Waals surface area contributed by atoms with Crippen molar-refractivity contribution in [2.75, 3.05) is 45.9 Å². The second-order valence-corrected chi connectivity index (χ2v) is 7.15. The van der Waals surface area contributed by atoms with Gasteiger partial charge in [0.25, 0.3) is 0 Å². The minimum atomic E-state index is -0.639. The normalized spacial score (nSPS) is 18.3. The molecule has 2 fully saturated rings. The van der Waals surface area contributed by atoms with Crippen LogP contribution in [-0.2, 0) is 16.1 Å². The summed E-state index contributed by atoms with van der Waals surface area (Å²) in [5.41, 5.74) is 0.697. The molecule has 29 heavy (non-hydrogen) atoms. The smallest absolute Gasteiger partial charge is 0.225 e. The Balaban J connectivity index is 0.00000300. The van der Waals surface area contributed by atoms with Gasteiger partial charge in [0.2, 0.25) is 5.91 Å². The van der Waals surface area contributed by atoms with Crippen LogP contribution in [-0.4, -0.2) is 72.7 Å². The number of halogens is 2. The molecule has 0 unspecified atom stereocenters. The van der Waals surface area contributed by atoms with Crippen LogP contribution in [0.2, 0.25) is 0 Å². The Hall–Kier alpha value is -1.62. The summed E-state index contributed by atoms with van der Waals surface area (Å²) in [4.78, 5) is 21.4. The molecule has 0 bridgehead atoms. The number of aromatic hydroxyl groups is 1. The number of guanidine groups is 1. The molecule has 2 heterocycles. The lowest BCUT2D eigenvalue weighted by Crippen LogP contribution is -2.50. The second kappa shape index (κ2) is 11.5.